The summed E-state index contributed by atoms with van der Waals surface area (Å²) in [4.78, 5) is 0. The fourth-order valence-corrected chi connectivity index (χ4v) is 2.61. The van der Waals surface area contributed by atoms with Crippen molar-refractivity contribution in [3.8, 4) is 11.5 Å². The first-order valence-electron chi connectivity index (χ1n) is 6.83. The van der Waals surface area contributed by atoms with Crippen LogP contribution < -0.4 is 9.47 Å². The second-order valence-electron chi connectivity index (χ2n) is 4.85. The molecular weight excluding hydrogens is 300 g/mol. The van der Waals surface area contributed by atoms with Gasteiger partial charge in [-0.15, -0.1) is 5.10 Å². The first kappa shape index (κ1) is 14.6. The SMILES string of the molecule is COc1cc2c(Cl)nnc(Cc3ccccc3)c2cc1OC. The van der Waals surface area contributed by atoms with E-state index in [2.05, 4.69) is 22.3 Å². The highest BCUT2D eigenvalue weighted by atomic mass is 35.5. The monoisotopic (exact) mass is 314 g/mol. The fraction of sp³-hybridized carbons (Fsp3) is 0.176. The third kappa shape index (κ3) is 2.70. The van der Waals surface area contributed by atoms with Crippen LogP contribution in [0.4, 0.5) is 0 Å². The number of benzene rings is 2. The third-order valence-electron chi connectivity index (χ3n) is 3.53. The van der Waals surface area contributed by atoms with Gasteiger partial charge in [-0.3, -0.25) is 0 Å². The van der Waals surface area contributed by atoms with Gasteiger partial charge in [0.1, 0.15) is 0 Å². The van der Waals surface area contributed by atoms with Crippen molar-refractivity contribution in [3.05, 3.63) is 58.9 Å². The highest BCUT2D eigenvalue weighted by molar-refractivity contribution is 6.34. The molecule has 3 rings (SSSR count). The zero-order chi connectivity index (χ0) is 15.5. The molecule has 1 aromatic heterocycles. The molecule has 22 heavy (non-hydrogen) atoms. The van der Waals surface area contributed by atoms with Crippen molar-refractivity contribution >= 4 is 22.4 Å². The minimum atomic E-state index is 0.354. The highest BCUT2D eigenvalue weighted by Gasteiger charge is 2.14. The molecular formula is C17H15ClN2O2. The molecule has 5 heteroatoms. The number of hydrogen-bond acceptors (Lipinski definition) is 4. The van der Waals surface area contributed by atoms with E-state index in [1.807, 2.05) is 30.3 Å². The van der Waals surface area contributed by atoms with Crippen LogP contribution in [-0.4, -0.2) is 24.4 Å². The van der Waals surface area contributed by atoms with Gasteiger partial charge >= 0.3 is 0 Å². The van der Waals surface area contributed by atoms with Gasteiger partial charge in [0.05, 0.1) is 19.9 Å². The van der Waals surface area contributed by atoms with Gasteiger partial charge in [-0.1, -0.05) is 41.9 Å². The number of nitrogens with zero attached hydrogens (tertiary/aromatic N) is 2. The average Bonchev–Trinajstić information content (AvgIpc) is 2.57. The summed E-state index contributed by atoms with van der Waals surface area (Å²) in [6, 6.07) is 13.8. The molecule has 112 valence electrons. The summed E-state index contributed by atoms with van der Waals surface area (Å²) in [7, 11) is 3.20. The maximum Gasteiger partial charge on any atom is 0.161 e. The molecule has 4 nitrogen and oxygen atoms in total. The number of ether oxygens (including phenoxy) is 2. The van der Waals surface area contributed by atoms with Crippen LogP contribution in [0.1, 0.15) is 11.3 Å². The lowest BCUT2D eigenvalue weighted by Crippen LogP contribution is -1.99. The van der Waals surface area contributed by atoms with E-state index >= 15 is 0 Å². The van der Waals surface area contributed by atoms with E-state index in [-0.39, 0.29) is 0 Å². The summed E-state index contributed by atoms with van der Waals surface area (Å²) in [6.07, 6.45) is 0.678. The lowest BCUT2D eigenvalue weighted by atomic mass is 10.0. The molecule has 0 unspecified atom stereocenters. The zero-order valence-electron chi connectivity index (χ0n) is 12.3. The zero-order valence-corrected chi connectivity index (χ0v) is 13.1. The normalized spacial score (nSPS) is 10.7. The lowest BCUT2D eigenvalue weighted by Gasteiger charge is -2.12. The predicted molar refractivity (Wildman–Crippen MR) is 86.9 cm³/mol. The van der Waals surface area contributed by atoms with Crippen molar-refractivity contribution in [2.45, 2.75) is 6.42 Å². The van der Waals surface area contributed by atoms with E-state index in [9.17, 15) is 0 Å². The molecule has 0 saturated heterocycles. The Balaban J connectivity index is 2.16. The topological polar surface area (TPSA) is 44.2 Å². The quantitative estimate of drug-likeness (QED) is 0.733. The van der Waals surface area contributed by atoms with E-state index in [1.54, 1.807) is 14.2 Å². The minimum Gasteiger partial charge on any atom is -0.493 e. The Hall–Kier alpha value is -2.33. The Labute approximate surface area is 133 Å². The molecule has 0 atom stereocenters. The van der Waals surface area contributed by atoms with E-state index in [0.717, 1.165) is 22.0 Å². The van der Waals surface area contributed by atoms with Crippen molar-refractivity contribution in [2.75, 3.05) is 14.2 Å². The second-order valence-corrected chi connectivity index (χ2v) is 5.21. The van der Waals surface area contributed by atoms with Crippen LogP contribution in [0, 0.1) is 0 Å². The molecule has 0 aliphatic heterocycles. The number of hydrogen-bond donors (Lipinski definition) is 0. The van der Waals surface area contributed by atoms with Crippen molar-refractivity contribution in [3.63, 3.8) is 0 Å². The number of aromatic nitrogens is 2. The Morgan fingerprint density at radius 1 is 0.909 bits per heavy atom. The van der Waals surface area contributed by atoms with Crippen LogP contribution in [0.5, 0.6) is 11.5 Å². The molecule has 3 aromatic rings. The van der Waals surface area contributed by atoms with Crippen molar-refractivity contribution < 1.29 is 9.47 Å². The standard InChI is InChI=1S/C17H15ClN2O2/c1-21-15-9-12-13(10-16(15)22-2)17(18)20-19-14(12)8-11-6-4-3-5-7-11/h3-7,9-10H,8H2,1-2H3. The molecule has 0 fully saturated rings. The van der Waals surface area contributed by atoms with Crippen LogP contribution in [0.3, 0.4) is 0 Å². The van der Waals surface area contributed by atoms with E-state index in [0.29, 0.717) is 23.1 Å². The molecule has 0 bridgehead atoms. The lowest BCUT2D eigenvalue weighted by molar-refractivity contribution is 0.356. The second kappa shape index (κ2) is 6.20. The molecule has 0 radical (unpaired) electrons. The number of fused-ring (bicyclic) bond motifs is 1. The van der Waals surface area contributed by atoms with Crippen LogP contribution in [0.15, 0.2) is 42.5 Å². The Morgan fingerprint density at radius 2 is 1.55 bits per heavy atom. The molecule has 0 N–H and O–H groups in total. The summed E-state index contributed by atoms with van der Waals surface area (Å²) in [5.74, 6) is 1.27. The van der Waals surface area contributed by atoms with Gasteiger partial charge in [-0.2, -0.15) is 5.10 Å². The molecule has 1 heterocycles. The molecule has 0 amide bonds. The molecule has 0 saturated carbocycles. The van der Waals surface area contributed by atoms with Crippen molar-refractivity contribution in [1.82, 2.24) is 10.2 Å². The smallest absolute Gasteiger partial charge is 0.161 e. The van der Waals surface area contributed by atoms with Crippen molar-refractivity contribution in [1.29, 1.82) is 0 Å². The summed E-state index contributed by atoms with van der Waals surface area (Å²) in [5.41, 5.74) is 2.02. The third-order valence-corrected chi connectivity index (χ3v) is 3.81. The van der Waals surface area contributed by atoms with E-state index in [4.69, 9.17) is 21.1 Å². The number of methoxy groups -OCH3 is 2. The van der Waals surface area contributed by atoms with Gasteiger partial charge in [0, 0.05) is 17.2 Å². The Morgan fingerprint density at radius 3 is 2.18 bits per heavy atom. The van der Waals surface area contributed by atoms with Gasteiger partial charge in [-0.25, -0.2) is 0 Å². The van der Waals surface area contributed by atoms with Gasteiger partial charge in [0.2, 0.25) is 0 Å². The summed E-state index contributed by atoms with van der Waals surface area (Å²) < 4.78 is 10.7. The van der Waals surface area contributed by atoms with Crippen LogP contribution in [0.25, 0.3) is 10.8 Å². The summed E-state index contributed by atoms with van der Waals surface area (Å²) >= 11 is 6.19. The highest BCUT2D eigenvalue weighted by Crippen LogP contribution is 2.35. The van der Waals surface area contributed by atoms with Crippen LogP contribution in [-0.2, 0) is 6.42 Å². The van der Waals surface area contributed by atoms with Gasteiger partial charge in [0.15, 0.2) is 16.7 Å². The number of halogens is 1. The first-order chi connectivity index (χ1) is 10.7. The minimum absolute atomic E-state index is 0.354. The predicted octanol–water partition coefficient (Wildman–Crippen LogP) is 3.89. The summed E-state index contributed by atoms with van der Waals surface area (Å²) in [5, 5.41) is 10.4. The van der Waals surface area contributed by atoms with Crippen LogP contribution in [0.2, 0.25) is 5.15 Å². The van der Waals surface area contributed by atoms with Crippen molar-refractivity contribution in [2.24, 2.45) is 0 Å². The van der Waals surface area contributed by atoms with Gasteiger partial charge in [0.25, 0.3) is 0 Å². The number of rotatable bonds is 4. The van der Waals surface area contributed by atoms with Crippen LogP contribution >= 0.6 is 11.6 Å². The molecule has 2 aromatic carbocycles. The maximum atomic E-state index is 6.19. The first-order valence-corrected chi connectivity index (χ1v) is 7.21. The summed E-state index contributed by atoms with van der Waals surface area (Å²) in [6.45, 7) is 0. The van der Waals surface area contributed by atoms with Gasteiger partial charge in [-0.05, 0) is 17.7 Å². The Bertz CT molecular complexity index is 807. The van der Waals surface area contributed by atoms with E-state index in [1.165, 1.54) is 0 Å². The molecule has 0 aliphatic carbocycles. The fourth-order valence-electron chi connectivity index (χ4n) is 2.42. The van der Waals surface area contributed by atoms with Gasteiger partial charge < -0.3 is 9.47 Å². The average molecular weight is 315 g/mol. The molecule has 0 spiro atoms. The maximum absolute atomic E-state index is 6.19. The largest absolute Gasteiger partial charge is 0.493 e. The Kier molecular flexibility index (Phi) is 4.11. The molecule has 0 aliphatic rings. The van der Waals surface area contributed by atoms with E-state index < -0.39 is 0 Å².